The summed E-state index contributed by atoms with van der Waals surface area (Å²) in [4.78, 5) is 16.4. The number of hydrogen-bond donors (Lipinski definition) is 2. The Morgan fingerprint density at radius 3 is 2.48 bits per heavy atom. The van der Waals surface area contributed by atoms with Gasteiger partial charge in [-0.1, -0.05) is 6.92 Å². The minimum Gasteiger partial charge on any atom is -0.503 e. The highest BCUT2D eigenvalue weighted by Gasteiger charge is 2.17. The molecule has 0 spiro atoms. The molecule has 0 amide bonds. The molecule has 0 aliphatic carbocycles. The summed E-state index contributed by atoms with van der Waals surface area (Å²) in [6, 6.07) is 1.51. The first-order chi connectivity index (χ1) is 10.1. The van der Waals surface area contributed by atoms with Crippen LogP contribution in [-0.4, -0.2) is 63.9 Å². The zero-order valence-electron chi connectivity index (χ0n) is 12.7. The summed E-state index contributed by atoms with van der Waals surface area (Å²) >= 11 is 0. The van der Waals surface area contributed by atoms with E-state index in [4.69, 9.17) is 5.11 Å². The van der Waals surface area contributed by atoms with Crippen molar-refractivity contribution >= 4 is 0 Å². The maximum absolute atomic E-state index is 11.7. The van der Waals surface area contributed by atoms with E-state index in [-0.39, 0.29) is 17.8 Å². The number of aromatic hydroxyl groups is 1. The largest absolute Gasteiger partial charge is 0.503 e. The number of pyridine rings is 1. The average molecular weight is 295 g/mol. The van der Waals surface area contributed by atoms with Crippen LogP contribution in [-0.2, 0) is 13.1 Å². The van der Waals surface area contributed by atoms with Crippen LogP contribution in [0.15, 0.2) is 17.1 Å². The van der Waals surface area contributed by atoms with Gasteiger partial charge in [-0.3, -0.25) is 9.69 Å². The van der Waals surface area contributed by atoms with E-state index in [9.17, 15) is 9.90 Å². The van der Waals surface area contributed by atoms with Gasteiger partial charge in [-0.2, -0.15) is 0 Å². The standard InChI is InChI=1S/C15H25N3O3/c1-2-16-5-7-17(8-6-16)11-13-10-14(20)15(21)12-18(13)4-3-9-19/h10,12,19,21H,2-9,11H2,1H3. The van der Waals surface area contributed by atoms with Gasteiger partial charge in [-0.15, -0.1) is 0 Å². The van der Waals surface area contributed by atoms with Gasteiger partial charge in [0.05, 0.1) is 6.20 Å². The minimum atomic E-state index is -0.336. The van der Waals surface area contributed by atoms with E-state index in [2.05, 4.69) is 16.7 Å². The molecule has 1 aliphatic heterocycles. The average Bonchev–Trinajstić information content (AvgIpc) is 2.50. The Hall–Kier alpha value is -1.37. The molecule has 0 atom stereocenters. The maximum Gasteiger partial charge on any atom is 0.223 e. The maximum atomic E-state index is 11.7. The summed E-state index contributed by atoms with van der Waals surface area (Å²) in [7, 11) is 0. The van der Waals surface area contributed by atoms with Crippen molar-refractivity contribution in [3.63, 3.8) is 0 Å². The monoisotopic (exact) mass is 295 g/mol. The molecule has 21 heavy (non-hydrogen) atoms. The Bertz CT molecular complexity index is 507. The number of hydrogen-bond acceptors (Lipinski definition) is 5. The van der Waals surface area contributed by atoms with Crippen molar-refractivity contribution in [2.45, 2.75) is 26.4 Å². The summed E-state index contributed by atoms with van der Waals surface area (Å²) in [6.45, 7) is 8.74. The fourth-order valence-electron chi connectivity index (χ4n) is 2.68. The van der Waals surface area contributed by atoms with Gasteiger partial charge in [-0.05, 0) is 13.0 Å². The van der Waals surface area contributed by atoms with E-state index in [1.807, 2.05) is 4.57 Å². The number of aliphatic hydroxyl groups is 1. The lowest BCUT2D eigenvalue weighted by atomic mass is 10.2. The van der Waals surface area contributed by atoms with Gasteiger partial charge in [-0.25, -0.2) is 0 Å². The lowest BCUT2D eigenvalue weighted by Crippen LogP contribution is -2.46. The Kier molecular flexibility index (Phi) is 5.78. The molecule has 0 bridgehead atoms. The van der Waals surface area contributed by atoms with Crippen LogP contribution in [0.1, 0.15) is 19.0 Å². The molecule has 1 aromatic rings. The Labute approximate surface area is 125 Å². The number of aryl methyl sites for hydroxylation is 1. The molecule has 2 heterocycles. The molecule has 0 aromatic carbocycles. The molecule has 0 saturated carbocycles. The van der Waals surface area contributed by atoms with Crippen LogP contribution in [0.5, 0.6) is 5.75 Å². The topological polar surface area (TPSA) is 68.9 Å². The van der Waals surface area contributed by atoms with Crippen LogP contribution in [0.3, 0.4) is 0 Å². The van der Waals surface area contributed by atoms with Crippen LogP contribution in [0.4, 0.5) is 0 Å². The van der Waals surface area contributed by atoms with Crippen LogP contribution in [0.2, 0.25) is 0 Å². The summed E-state index contributed by atoms with van der Waals surface area (Å²) < 4.78 is 1.87. The Morgan fingerprint density at radius 2 is 1.86 bits per heavy atom. The molecule has 118 valence electrons. The third-order valence-corrected chi connectivity index (χ3v) is 4.05. The number of aromatic nitrogens is 1. The highest BCUT2D eigenvalue weighted by molar-refractivity contribution is 5.20. The molecule has 6 nitrogen and oxygen atoms in total. The second-order valence-electron chi connectivity index (χ2n) is 5.50. The summed E-state index contributed by atoms with van der Waals surface area (Å²) in [5.41, 5.74) is 0.564. The Morgan fingerprint density at radius 1 is 1.19 bits per heavy atom. The van der Waals surface area contributed by atoms with E-state index in [0.29, 0.717) is 19.5 Å². The summed E-state index contributed by atoms with van der Waals surface area (Å²) in [6.07, 6.45) is 2.09. The van der Waals surface area contributed by atoms with Crippen molar-refractivity contribution in [2.75, 3.05) is 39.3 Å². The van der Waals surface area contributed by atoms with Gasteiger partial charge >= 0.3 is 0 Å². The van der Waals surface area contributed by atoms with Crippen molar-refractivity contribution in [1.29, 1.82) is 0 Å². The van der Waals surface area contributed by atoms with Crippen LogP contribution >= 0.6 is 0 Å². The van der Waals surface area contributed by atoms with Crippen LogP contribution in [0, 0.1) is 0 Å². The van der Waals surface area contributed by atoms with Gasteiger partial charge in [0.15, 0.2) is 5.75 Å². The number of aliphatic hydroxyl groups excluding tert-OH is 1. The van der Waals surface area contributed by atoms with Crippen LogP contribution in [0.25, 0.3) is 0 Å². The molecule has 6 heteroatoms. The first-order valence-corrected chi connectivity index (χ1v) is 7.62. The fraction of sp³-hybridized carbons (Fsp3) is 0.667. The van der Waals surface area contributed by atoms with E-state index in [1.165, 1.54) is 12.3 Å². The van der Waals surface area contributed by atoms with E-state index in [1.54, 1.807) is 0 Å². The number of rotatable bonds is 6. The SMILES string of the molecule is CCN1CCN(Cc2cc(=O)c(O)cn2CCCO)CC1. The summed E-state index contributed by atoms with van der Waals surface area (Å²) in [5.74, 6) is -0.229. The second-order valence-corrected chi connectivity index (χ2v) is 5.50. The number of likely N-dealkylation sites (N-methyl/N-ethyl adjacent to an activating group) is 1. The molecule has 1 aromatic heterocycles. The quantitative estimate of drug-likeness (QED) is 0.777. The summed E-state index contributed by atoms with van der Waals surface area (Å²) in [5, 5.41) is 18.5. The molecule has 1 fully saturated rings. The van der Waals surface area contributed by atoms with Crippen molar-refractivity contribution in [3.05, 3.63) is 28.2 Å². The molecule has 2 N–H and O–H groups in total. The van der Waals surface area contributed by atoms with Gasteiger partial charge < -0.3 is 19.7 Å². The molecule has 0 radical (unpaired) electrons. The Balaban J connectivity index is 2.07. The minimum absolute atomic E-state index is 0.0987. The van der Waals surface area contributed by atoms with Crippen LogP contribution < -0.4 is 5.43 Å². The zero-order valence-corrected chi connectivity index (χ0v) is 12.7. The van der Waals surface area contributed by atoms with Crippen molar-refractivity contribution < 1.29 is 10.2 Å². The van der Waals surface area contributed by atoms with Gasteiger partial charge in [0.1, 0.15) is 0 Å². The molecule has 1 saturated heterocycles. The highest BCUT2D eigenvalue weighted by Crippen LogP contribution is 2.11. The van der Waals surface area contributed by atoms with Gasteiger partial charge in [0.25, 0.3) is 0 Å². The van der Waals surface area contributed by atoms with E-state index in [0.717, 1.165) is 38.4 Å². The third-order valence-electron chi connectivity index (χ3n) is 4.05. The van der Waals surface area contributed by atoms with Gasteiger partial charge in [0.2, 0.25) is 5.43 Å². The number of nitrogens with zero attached hydrogens (tertiary/aromatic N) is 3. The zero-order chi connectivity index (χ0) is 15.2. The molecule has 0 unspecified atom stereocenters. The smallest absolute Gasteiger partial charge is 0.223 e. The first kappa shape index (κ1) is 16.0. The van der Waals surface area contributed by atoms with E-state index >= 15 is 0 Å². The lowest BCUT2D eigenvalue weighted by molar-refractivity contribution is 0.129. The molecular weight excluding hydrogens is 270 g/mol. The highest BCUT2D eigenvalue weighted by atomic mass is 16.3. The van der Waals surface area contributed by atoms with Gasteiger partial charge in [0, 0.05) is 57.6 Å². The molecule has 1 aliphatic rings. The van der Waals surface area contributed by atoms with Crippen molar-refractivity contribution in [2.24, 2.45) is 0 Å². The predicted molar refractivity (Wildman–Crippen MR) is 81.5 cm³/mol. The fourth-order valence-corrected chi connectivity index (χ4v) is 2.68. The molecular formula is C15H25N3O3. The lowest BCUT2D eigenvalue weighted by Gasteiger charge is -2.34. The number of piperazine rings is 1. The third kappa shape index (κ3) is 4.30. The van der Waals surface area contributed by atoms with Crippen molar-refractivity contribution in [1.82, 2.24) is 14.4 Å². The molecule has 2 rings (SSSR count). The predicted octanol–water partition coefficient (Wildman–Crippen LogP) is 0.0738. The van der Waals surface area contributed by atoms with E-state index < -0.39 is 0 Å². The second kappa shape index (κ2) is 7.59. The normalized spacial score (nSPS) is 17.2. The first-order valence-electron chi connectivity index (χ1n) is 7.62. The van der Waals surface area contributed by atoms with Crippen molar-refractivity contribution in [3.8, 4) is 5.75 Å².